The highest BCUT2D eigenvalue weighted by Crippen LogP contribution is 2.31. The zero-order valence-corrected chi connectivity index (χ0v) is 18.4. The summed E-state index contributed by atoms with van der Waals surface area (Å²) in [5, 5.41) is 2.36. The number of amides is 3. The van der Waals surface area contributed by atoms with Gasteiger partial charge in [-0.3, -0.25) is 29.5 Å². The molecule has 1 unspecified atom stereocenters. The van der Waals surface area contributed by atoms with Crippen LogP contribution in [0.3, 0.4) is 0 Å². The molecule has 0 aliphatic carbocycles. The molecular weight excluding hydrogens is 404 g/mol. The Kier molecular flexibility index (Phi) is 5.75. The second-order valence-corrected chi connectivity index (χ2v) is 9.63. The number of nitrogens with zero attached hydrogens (tertiary/aromatic N) is 3. The molecule has 0 bridgehead atoms. The number of piperidine rings is 2. The number of hydrogen-bond donors (Lipinski definition) is 1. The van der Waals surface area contributed by atoms with Crippen LogP contribution < -0.4 is 5.32 Å². The Morgan fingerprint density at radius 3 is 2.59 bits per heavy atom. The van der Waals surface area contributed by atoms with E-state index in [0.29, 0.717) is 30.5 Å². The van der Waals surface area contributed by atoms with Crippen molar-refractivity contribution >= 4 is 17.7 Å². The van der Waals surface area contributed by atoms with E-state index in [9.17, 15) is 14.4 Å². The van der Waals surface area contributed by atoms with Gasteiger partial charge in [0.05, 0.1) is 6.54 Å². The third-order valence-electron chi connectivity index (χ3n) is 7.49. The third kappa shape index (κ3) is 4.05. The topological polar surface area (TPSA) is 73.0 Å². The lowest BCUT2D eigenvalue weighted by atomic mass is 9.88. The molecule has 32 heavy (non-hydrogen) atoms. The van der Waals surface area contributed by atoms with E-state index in [1.54, 1.807) is 4.90 Å². The molecule has 0 spiro atoms. The van der Waals surface area contributed by atoms with Crippen molar-refractivity contribution in [1.82, 2.24) is 20.0 Å². The Balaban J connectivity index is 1.14. The average molecular weight is 435 g/mol. The van der Waals surface area contributed by atoms with Crippen molar-refractivity contribution in [3.63, 3.8) is 0 Å². The Morgan fingerprint density at radius 2 is 1.88 bits per heavy atom. The molecule has 3 saturated heterocycles. The lowest BCUT2D eigenvalue weighted by Gasteiger charge is -2.47. The second-order valence-electron chi connectivity index (χ2n) is 9.63. The van der Waals surface area contributed by atoms with E-state index in [-0.39, 0.29) is 24.1 Å². The zero-order chi connectivity index (χ0) is 22.2. The minimum atomic E-state index is -0.553. The van der Waals surface area contributed by atoms with Crippen LogP contribution in [-0.2, 0) is 22.6 Å². The minimum absolute atomic E-state index is 0.105. The summed E-state index contributed by atoms with van der Waals surface area (Å²) in [5.41, 5.74) is 2.94. The first-order valence-electron chi connectivity index (χ1n) is 11.7. The molecule has 0 radical (unpaired) electrons. The molecule has 3 fully saturated rings. The molecule has 5 rings (SSSR count). The predicted molar refractivity (Wildman–Crippen MR) is 120 cm³/mol. The molecule has 1 N–H and O–H groups in total. The van der Waals surface area contributed by atoms with Gasteiger partial charge in [0.25, 0.3) is 5.91 Å². The van der Waals surface area contributed by atoms with Gasteiger partial charge in [0.1, 0.15) is 6.04 Å². The molecule has 7 nitrogen and oxygen atoms in total. The summed E-state index contributed by atoms with van der Waals surface area (Å²) < 4.78 is 0. The summed E-state index contributed by atoms with van der Waals surface area (Å²) in [6.45, 7) is 5.67. The summed E-state index contributed by atoms with van der Waals surface area (Å²) in [7, 11) is 0. The molecule has 0 saturated carbocycles. The maximum absolute atomic E-state index is 12.8. The van der Waals surface area contributed by atoms with Gasteiger partial charge in [0.2, 0.25) is 11.8 Å². The van der Waals surface area contributed by atoms with Gasteiger partial charge < -0.3 is 4.90 Å². The summed E-state index contributed by atoms with van der Waals surface area (Å²) in [6, 6.07) is 6.24. The van der Waals surface area contributed by atoms with Crippen LogP contribution in [0.2, 0.25) is 0 Å². The summed E-state index contributed by atoms with van der Waals surface area (Å²) >= 11 is 0. The van der Waals surface area contributed by atoms with Crippen LogP contribution in [0.5, 0.6) is 0 Å². The van der Waals surface area contributed by atoms with Crippen LogP contribution in [0.4, 0.5) is 0 Å². The van der Waals surface area contributed by atoms with E-state index in [0.717, 1.165) is 44.7 Å². The maximum atomic E-state index is 12.8. The normalized spacial score (nSPS) is 25.4. The second kappa shape index (κ2) is 8.68. The van der Waals surface area contributed by atoms with Crippen molar-refractivity contribution in [2.45, 2.75) is 50.7 Å². The number of benzene rings is 1. The van der Waals surface area contributed by atoms with Crippen LogP contribution in [0.15, 0.2) is 18.2 Å². The average Bonchev–Trinajstić information content (AvgIpc) is 3.07. The lowest BCUT2D eigenvalue weighted by Crippen LogP contribution is -2.55. The van der Waals surface area contributed by atoms with Crippen molar-refractivity contribution in [3.05, 3.63) is 34.9 Å². The SMILES string of the molecule is C#CCN1CCC(N2CC(Cc3ccc4c(c3)CN(C3CCC(=O)NC3=O)C4=O)C2)CC1. The molecular formula is C25H30N4O3. The first kappa shape index (κ1) is 21.2. The first-order chi connectivity index (χ1) is 15.5. The standard InChI is InChI=1S/C25H30N4O3/c1-2-9-27-10-7-20(8-11-27)28-14-18(15-28)12-17-3-4-21-19(13-17)16-29(25(21)32)22-5-6-23(30)26-24(22)31/h1,3-4,13,18,20,22H,5-12,14-16H2,(H,26,30,31). The zero-order valence-electron chi connectivity index (χ0n) is 18.4. The van der Waals surface area contributed by atoms with Crippen molar-refractivity contribution in [1.29, 1.82) is 0 Å². The smallest absolute Gasteiger partial charge is 0.255 e. The van der Waals surface area contributed by atoms with Crippen LogP contribution in [0.1, 0.15) is 47.2 Å². The van der Waals surface area contributed by atoms with Gasteiger partial charge in [-0.15, -0.1) is 6.42 Å². The number of terminal acetylenes is 1. The van der Waals surface area contributed by atoms with Crippen molar-refractivity contribution in [3.8, 4) is 12.3 Å². The molecule has 7 heteroatoms. The molecule has 4 heterocycles. The van der Waals surface area contributed by atoms with Gasteiger partial charge in [0, 0.05) is 50.7 Å². The third-order valence-corrected chi connectivity index (χ3v) is 7.49. The van der Waals surface area contributed by atoms with Crippen LogP contribution in [-0.4, -0.2) is 77.2 Å². The quantitative estimate of drug-likeness (QED) is 0.553. The van der Waals surface area contributed by atoms with E-state index >= 15 is 0 Å². The van der Waals surface area contributed by atoms with Gasteiger partial charge >= 0.3 is 0 Å². The molecule has 1 aromatic rings. The number of likely N-dealkylation sites (tertiary alicyclic amines) is 2. The van der Waals surface area contributed by atoms with Crippen molar-refractivity contribution in [2.24, 2.45) is 5.92 Å². The van der Waals surface area contributed by atoms with E-state index < -0.39 is 6.04 Å². The Bertz CT molecular complexity index is 970. The fourth-order valence-electron chi connectivity index (χ4n) is 5.70. The number of rotatable bonds is 5. The van der Waals surface area contributed by atoms with E-state index in [4.69, 9.17) is 6.42 Å². The summed E-state index contributed by atoms with van der Waals surface area (Å²) in [5.74, 6) is 2.67. The number of carbonyl (C=O) groups is 3. The lowest BCUT2D eigenvalue weighted by molar-refractivity contribution is -0.136. The van der Waals surface area contributed by atoms with Crippen LogP contribution in [0, 0.1) is 18.3 Å². The number of nitrogens with one attached hydrogen (secondary N) is 1. The maximum Gasteiger partial charge on any atom is 0.255 e. The highest BCUT2D eigenvalue weighted by atomic mass is 16.2. The fraction of sp³-hybridized carbons (Fsp3) is 0.560. The Morgan fingerprint density at radius 1 is 1.09 bits per heavy atom. The highest BCUT2D eigenvalue weighted by Gasteiger charge is 2.39. The van der Waals surface area contributed by atoms with Gasteiger partial charge in [0.15, 0.2) is 0 Å². The highest BCUT2D eigenvalue weighted by molar-refractivity contribution is 6.05. The monoisotopic (exact) mass is 434 g/mol. The predicted octanol–water partition coefficient (Wildman–Crippen LogP) is 1.02. The molecule has 168 valence electrons. The van der Waals surface area contributed by atoms with Gasteiger partial charge in [-0.2, -0.15) is 0 Å². The number of hydrogen-bond acceptors (Lipinski definition) is 5. The van der Waals surface area contributed by atoms with E-state index in [2.05, 4.69) is 33.2 Å². The largest absolute Gasteiger partial charge is 0.322 e. The van der Waals surface area contributed by atoms with Gasteiger partial charge in [-0.05, 0) is 48.8 Å². The van der Waals surface area contributed by atoms with Crippen molar-refractivity contribution < 1.29 is 14.4 Å². The van der Waals surface area contributed by atoms with Crippen LogP contribution >= 0.6 is 0 Å². The van der Waals surface area contributed by atoms with E-state index in [1.807, 2.05) is 6.07 Å². The summed E-state index contributed by atoms with van der Waals surface area (Å²) in [6.07, 6.45) is 9.53. The van der Waals surface area contributed by atoms with Crippen molar-refractivity contribution in [2.75, 3.05) is 32.7 Å². The Hall–Kier alpha value is -2.69. The van der Waals surface area contributed by atoms with Gasteiger partial charge in [-0.1, -0.05) is 18.1 Å². The molecule has 3 amide bonds. The number of carbonyl (C=O) groups excluding carboxylic acids is 3. The number of fused-ring (bicyclic) bond motifs is 1. The molecule has 4 aliphatic heterocycles. The molecule has 4 aliphatic rings. The molecule has 1 aromatic carbocycles. The Labute approximate surface area is 189 Å². The summed E-state index contributed by atoms with van der Waals surface area (Å²) in [4.78, 5) is 43.1. The first-order valence-corrected chi connectivity index (χ1v) is 11.7. The fourth-order valence-corrected chi connectivity index (χ4v) is 5.70. The minimum Gasteiger partial charge on any atom is -0.322 e. The molecule has 0 aromatic heterocycles. The van der Waals surface area contributed by atoms with Gasteiger partial charge in [-0.25, -0.2) is 0 Å². The number of imide groups is 1. The molecule has 1 atom stereocenters. The van der Waals surface area contributed by atoms with Crippen LogP contribution in [0.25, 0.3) is 0 Å². The van der Waals surface area contributed by atoms with E-state index in [1.165, 1.54) is 18.4 Å².